The molecule has 1 aliphatic heterocycles. The molecule has 1 atom stereocenters. The number of carbonyl (C=O) groups excluding carboxylic acids is 1. The normalized spacial score (nSPS) is 20.1. The number of rotatable bonds is 3. The predicted octanol–water partition coefficient (Wildman–Crippen LogP) is 1.92. The zero-order valence-corrected chi connectivity index (χ0v) is 12.1. The van der Waals surface area contributed by atoms with E-state index in [1.165, 1.54) is 17.8 Å². The van der Waals surface area contributed by atoms with E-state index >= 15 is 0 Å². The van der Waals surface area contributed by atoms with E-state index in [-0.39, 0.29) is 11.3 Å². The zero-order valence-electron chi connectivity index (χ0n) is 11.2. The Bertz CT molecular complexity index is 416. The topological polar surface area (TPSA) is 54.0 Å². The molecule has 0 aromatic carbocycles. The van der Waals surface area contributed by atoms with Gasteiger partial charge in [-0.2, -0.15) is 0 Å². The fourth-order valence-electron chi connectivity index (χ4n) is 2.17. The number of aromatic nitrogens is 1. The summed E-state index contributed by atoms with van der Waals surface area (Å²) in [4.78, 5) is 17.2. The number of amides is 1. The van der Waals surface area contributed by atoms with E-state index in [1.54, 1.807) is 5.51 Å². The molecule has 0 saturated carbocycles. The van der Waals surface area contributed by atoms with Gasteiger partial charge in [-0.3, -0.25) is 4.79 Å². The Morgan fingerprint density at radius 1 is 1.61 bits per heavy atom. The Morgan fingerprint density at radius 2 is 2.39 bits per heavy atom. The molecule has 2 rings (SSSR count). The molecule has 0 bridgehead atoms. The Labute approximate surface area is 112 Å². The second-order valence-corrected chi connectivity index (χ2v) is 6.64. The van der Waals surface area contributed by atoms with Crippen molar-refractivity contribution in [1.82, 2.24) is 15.6 Å². The third kappa shape index (κ3) is 3.09. The van der Waals surface area contributed by atoms with Crippen molar-refractivity contribution < 1.29 is 4.79 Å². The van der Waals surface area contributed by atoms with Gasteiger partial charge in [-0.15, -0.1) is 11.3 Å². The van der Waals surface area contributed by atoms with Gasteiger partial charge in [-0.1, -0.05) is 20.8 Å². The molecule has 1 unspecified atom stereocenters. The van der Waals surface area contributed by atoms with Crippen LogP contribution in [-0.2, 0) is 5.41 Å². The Kier molecular flexibility index (Phi) is 4.02. The second kappa shape index (κ2) is 5.36. The highest BCUT2D eigenvalue weighted by molar-refractivity contribution is 7.11. The third-order valence-electron chi connectivity index (χ3n) is 3.16. The zero-order chi connectivity index (χ0) is 13.2. The van der Waals surface area contributed by atoms with E-state index in [1.807, 2.05) is 0 Å². The monoisotopic (exact) mass is 267 g/mol. The van der Waals surface area contributed by atoms with Crippen molar-refractivity contribution in [2.75, 3.05) is 13.1 Å². The average Bonchev–Trinajstić information content (AvgIpc) is 2.95. The van der Waals surface area contributed by atoms with Gasteiger partial charge >= 0.3 is 0 Å². The molecule has 4 nitrogen and oxygen atoms in total. The minimum atomic E-state index is -0.0850. The fourth-order valence-corrected chi connectivity index (χ4v) is 3.08. The van der Waals surface area contributed by atoms with Crippen LogP contribution >= 0.6 is 11.3 Å². The van der Waals surface area contributed by atoms with Gasteiger partial charge in [0.1, 0.15) is 4.88 Å². The molecule has 1 aromatic heterocycles. The minimum Gasteiger partial charge on any atom is -0.350 e. The smallest absolute Gasteiger partial charge is 0.263 e. The molecule has 1 aliphatic rings. The van der Waals surface area contributed by atoms with Gasteiger partial charge in [0.15, 0.2) is 0 Å². The van der Waals surface area contributed by atoms with Gasteiger partial charge in [-0.05, 0) is 19.4 Å². The first kappa shape index (κ1) is 13.5. The summed E-state index contributed by atoms with van der Waals surface area (Å²) in [6.45, 7) is 8.01. The summed E-state index contributed by atoms with van der Waals surface area (Å²) < 4.78 is 0. The van der Waals surface area contributed by atoms with Gasteiger partial charge in [0, 0.05) is 18.0 Å². The maximum atomic E-state index is 12.2. The van der Waals surface area contributed by atoms with Crippen molar-refractivity contribution in [3.63, 3.8) is 0 Å². The molecule has 0 radical (unpaired) electrons. The van der Waals surface area contributed by atoms with Crippen molar-refractivity contribution in [3.05, 3.63) is 16.1 Å². The van der Waals surface area contributed by atoms with Crippen molar-refractivity contribution in [2.24, 2.45) is 0 Å². The summed E-state index contributed by atoms with van der Waals surface area (Å²) in [5.41, 5.74) is 2.56. The number of carbonyl (C=O) groups is 1. The summed E-state index contributed by atoms with van der Waals surface area (Å²) >= 11 is 1.42. The second-order valence-electron chi connectivity index (χ2n) is 5.78. The highest BCUT2D eigenvalue weighted by atomic mass is 32.1. The molecule has 1 amide bonds. The number of hydrogen-bond acceptors (Lipinski definition) is 4. The number of thiazole rings is 1. The van der Waals surface area contributed by atoms with E-state index in [0.717, 1.165) is 23.5 Å². The molecular weight excluding hydrogens is 246 g/mol. The lowest BCUT2D eigenvalue weighted by molar-refractivity contribution is 0.0952. The number of hydrogen-bond donors (Lipinski definition) is 2. The number of nitrogens with one attached hydrogen (secondary N) is 2. The molecule has 2 heterocycles. The lowest BCUT2D eigenvalue weighted by Crippen LogP contribution is -2.37. The van der Waals surface area contributed by atoms with Crippen LogP contribution in [0.25, 0.3) is 0 Å². The molecule has 1 fully saturated rings. The van der Waals surface area contributed by atoms with Gasteiger partial charge in [-0.25, -0.2) is 4.98 Å². The molecular formula is C13H21N3OS. The van der Waals surface area contributed by atoms with Crippen LogP contribution < -0.4 is 10.6 Å². The van der Waals surface area contributed by atoms with Crippen LogP contribution in [0.1, 0.15) is 49.0 Å². The van der Waals surface area contributed by atoms with Crippen molar-refractivity contribution in [3.8, 4) is 0 Å². The molecule has 2 N–H and O–H groups in total. The third-order valence-corrected chi connectivity index (χ3v) is 3.98. The Hall–Kier alpha value is -0.940. The summed E-state index contributed by atoms with van der Waals surface area (Å²) in [7, 11) is 0. The van der Waals surface area contributed by atoms with Gasteiger partial charge in [0.25, 0.3) is 5.91 Å². The van der Waals surface area contributed by atoms with Crippen LogP contribution in [-0.4, -0.2) is 30.0 Å². The van der Waals surface area contributed by atoms with Crippen LogP contribution in [0.2, 0.25) is 0 Å². The van der Waals surface area contributed by atoms with Crippen LogP contribution in [0.5, 0.6) is 0 Å². The highest BCUT2D eigenvalue weighted by Gasteiger charge is 2.25. The molecule has 0 spiro atoms. The molecule has 5 heteroatoms. The molecule has 18 heavy (non-hydrogen) atoms. The van der Waals surface area contributed by atoms with Crippen molar-refractivity contribution in [1.29, 1.82) is 0 Å². The Morgan fingerprint density at radius 3 is 3.00 bits per heavy atom. The largest absolute Gasteiger partial charge is 0.350 e. The number of nitrogens with zero attached hydrogens (tertiary/aromatic N) is 1. The summed E-state index contributed by atoms with van der Waals surface area (Å²) in [5, 5.41) is 6.38. The van der Waals surface area contributed by atoms with E-state index in [4.69, 9.17) is 0 Å². The maximum absolute atomic E-state index is 12.2. The van der Waals surface area contributed by atoms with Crippen LogP contribution in [0.15, 0.2) is 5.51 Å². The summed E-state index contributed by atoms with van der Waals surface area (Å²) in [6, 6.07) is 0.431. The lowest BCUT2D eigenvalue weighted by Gasteiger charge is -2.18. The predicted molar refractivity (Wildman–Crippen MR) is 74.2 cm³/mol. The molecule has 0 aliphatic carbocycles. The van der Waals surface area contributed by atoms with Gasteiger partial charge in [0.2, 0.25) is 0 Å². The average molecular weight is 267 g/mol. The Balaban J connectivity index is 1.98. The van der Waals surface area contributed by atoms with E-state index in [9.17, 15) is 4.79 Å². The minimum absolute atomic E-state index is 0.0103. The van der Waals surface area contributed by atoms with Crippen LogP contribution in [0.4, 0.5) is 0 Å². The van der Waals surface area contributed by atoms with E-state index < -0.39 is 0 Å². The summed E-state index contributed by atoms with van der Waals surface area (Å²) in [5.74, 6) is 0.0103. The molecule has 100 valence electrons. The first-order valence-corrected chi connectivity index (χ1v) is 7.32. The van der Waals surface area contributed by atoms with Gasteiger partial charge in [0.05, 0.1) is 11.2 Å². The fraction of sp³-hybridized carbons (Fsp3) is 0.692. The van der Waals surface area contributed by atoms with Gasteiger partial charge < -0.3 is 10.6 Å². The summed E-state index contributed by atoms with van der Waals surface area (Å²) in [6.07, 6.45) is 2.35. The first-order chi connectivity index (χ1) is 8.48. The van der Waals surface area contributed by atoms with Crippen molar-refractivity contribution >= 4 is 17.2 Å². The van der Waals surface area contributed by atoms with E-state index in [0.29, 0.717) is 12.6 Å². The standard InChI is InChI=1S/C13H21N3OS/c1-13(2,3)11-10(18-8-16-11)12(17)15-7-9-5-4-6-14-9/h8-9,14H,4-7H2,1-3H3,(H,15,17). The maximum Gasteiger partial charge on any atom is 0.263 e. The van der Waals surface area contributed by atoms with Crippen molar-refractivity contribution in [2.45, 2.75) is 45.1 Å². The SMILES string of the molecule is CC(C)(C)c1ncsc1C(=O)NCC1CCCN1. The van der Waals surface area contributed by atoms with E-state index in [2.05, 4.69) is 36.4 Å². The highest BCUT2D eigenvalue weighted by Crippen LogP contribution is 2.26. The first-order valence-electron chi connectivity index (χ1n) is 6.44. The van der Waals surface area contributed by atoms with Crippen LogP contribution in [0, 0.1) is 0 Å². The van der Waals surface area contributed by atoms with Crippen LogP contribution in [0.3, 0.4) is 0 Å². The molecule has 1 aromatic rings. The quantitative estimate of drug-likeness (QED) is 0.880. The lowest BCUT2D eigenvalue weighted by atomic mass is 9.91. The molecule has 1 saturated heterocycles.